The Hall–Kier alpha value is -3.41. The molecule has 2 aliphatic carbocycles. The van der Waals surface area contributed by atoms with E-state index in [1.54, 1.807) is 25.1 Å². The van der Waals surface area contributed by atoms with Crippen LogP contribution >= 0.6 is 0 Å². The Morgan fingerprint density at radius 2 is 1.82 bits per heavy atom. The molecule has 0 radical (unpaired) electrons. The zero-order valence-corrected chi connectivity index (χ0v) is 25.8. The molecule has 3 fully saturated rings. The Morgan fingerprint density at radius 1 is 1.09 bits per heavy atom. The van der Waals surface area contributed by atoms with Gasteiger partial charge in [-0.3, -0.25) is 9.59 Å². The molecule has 2 N–H and O–H groups in total. The van der Waals surface area contributed by atoms with Gasteiger partial charge in [-0.15, -0.1) is 0 Å². The number of rotatable bonds is 10. The molecule has 9 nitrogen and oxygen atoms in total. The Morgan fingerprint density at radius 3 is 2.48 bits per heavy atom. The molecule has 44 heavy (non-hydrogen) atoms. The highest BCUT2D eigenvalue weighted by atomic mass is 19.4. The fourth-order valence-corrected chi connectivity index (χ4v) is 6.51. The van der Waals surface area contributed by atoms with Gasteiger partial charge in [0.1, 0.15) is 5.75 Å². The highest BCUT2D eigenvalue weighted by Crippen LogP contribution is 2.38. The van der Waals surface area contributed by atoms with Crippen molar-refractivity contribution in [2.24, 2.45) is 11.8 Å². The molecule has 1 saturated heterocycles. The third kappa shape index (κ3) is 7.99. The highest BCUT2D eigenvalue weighted by molar-refractivity contribution is 5.95. The monoisotopic (exact) mass is 616 g/mol. The van der Waals surface area contributed by atoms with Crippen molar-refractivity contribution < 1.29 is 27.5 Å². The molecular weight excluding hydrogens is 573 g/mol. The van der Waals surface area contributed by atoms with Crippen LogP contribution < -0.4 is 15.4 Å². The molecule has 2 amide bonds. The van der Waals surface area contributed by atoms with Crippen LogP contribution in [0.15, 0.2) is 24.4 Å². The van der Waals surface area contributed by atoms with Gasteiger partial charge in [-0.05, 0) is 95.1 Å². The standard InChI is InChI=1S/C32H43F3N6O3/c1-20(42)41(19-21-8-9-21)28-7-5-4-6-22(28)16-27-25(32(33,34)35)18-36-31(39-27)38-26-11-10-23(17-29(26)44-3)30(43)37-24-12-14-40(2)15-13-24/h10-11,17-18,21-22,24,28H,4-9,12-16,19H2,1-3H3,(H,37,43)(H,36,38,39)/t22-,28+/m0/s1. The molecule has 2 atom stereocenters. The molecule has 0 bridgehead atoms. The predicted octanol–water partition coefficient (Wildman–Crippen LogP) is 5.43. The first-order valence-electron chi connectivity index (χ1n) is 15.7. The van der Waals surface area contributed by atoms with Gasteiger partial charge in [-0.1, -0.05) is 12.8 Å². The molecule has 240 valence electrons. The van der Waals surface area contributed by atoms with E-state index in [-0.39, 0.29) is 47.9 Å². The minimum absolute atomic E-state index is 0.00332. The third-order valence-electron chi connectivity index (χ3n) is 9.22. The van der Waals surface area contributed by atoms with Gasteiger partial charge in [0.05, 0.1) is 24.1 Å². The molecule has 1 aromatic carbocycles. The second-order valence-electron chi connectivity index (χ2n) is 12.6. The van der Waals surface area contributed by atoms with Crippen molar-refractivity contribution in [1.29, 1.82) is 0 Å². The van der Waals surface area contributed by atoms with E-state index >= 15 is 0 Å². The zero-order chi connectivity index (χ0) is 31.4. The average molecular weight is 617 g/mol. The minimum Gasteiger partial charge on any atom is -0.495 e. The number of hydrogen-bond donors (Lipinski definition) is 2. The summed E-state index contributed by atoms with van der Waals surface area (Å²) in [6.45, 7) is 4.07. The van der Waals surface area contributed by atoms with Crippen LogP contribution in [0.2, 0.25) is 0 Å². The summed E-state index contributed by atoms with van der Waals surface area (Å²) in [6, 6.07) is 4.87. The number of likely N-dealkylation sites (tertiary alicyclic amines) is 1. The number of carbonyl (C=O) groups excluding carboxylic acids is 2. The van der Waals surface area contributed by atoms with E-state index in [9.17, 15) is 22.8 Å². The highest BCUT2D eigenvalue weighted by Gasteiger charge is 2.39. The summed E-state index contributed by atoms with van der Waals surface area (Å²) in [4.78, 5) is 38.0. The van der Waals surface area contributed by atoms with Crippen molar-refractivity contribution in [2.75, 3.05) is 39.1 Å². The van der Waals surface area contributed by atoms with E-state index in [4.69, 9.17) is 4.74 Å². The van der Waals surface area contributed by atoms with Gasteiger partial charge < -0.3 is 25.2 Å². The predicted molar refractivity (Wildman–Crippen MR) is 161 cm³/mol. The normalized spacial score (nSPS) is 21.5. The number of nitrogens with zero attached hydrogens (tertiary/aromatic N) is 4. The molecule has 1 aliphatic heterocycles. The summed E-state index contributed by atoms with van der Waals surface area (Å²) < 4.78 is 47.9. The number of aromatic nitrogens is 2. The lowest BCUT2D eigenvalue weighted by Crippen LogP contribution is -2.47. The quantitative estimate of drug-likeness (QED) is 0.367. The number of methoxy groups -OCH3 is 1. The largest absolute Gasteiger partial charge is 0.495 e. The maximum Gasteiger partial charge on any atom is 0.419 e. The number of halogens is 3. The molecular formula is C32H43F3N6O3. The van der Waals surface area contributed by atoms with Gasteiger partial charge >= 0.3 is 6.18 Å². The summed E-state index contributed by atoms with van der Waals surface area (Å²) in [6.07, 6.45) is 3.61. The Bertz CT molecular complexity index is 1330. The molecule has 3 aliphatic rings. The number of carbonyl (C=O) groups is 2. The van der Waals surface area contributed by atoms with Crippen molar-refractivity contribution in [2.45, 2.75) is 83.0 Å². The van der Waals surface area contributed by atoms with Gasteiger partial charge in [0, 0.05) is 37.3 Å². The molecule has 12 heteroatoms. The second-order valence-corrected chi connectivity index (χ2v) is 12.6. The molecule has 0 unspecified atom stereocenters. The smallest absolute Gasteiger partial charge is 0.419 e. The van der Waals surface area contributed by atoms with Gasteiger partial charge in [-0.25, -0.2) is 9.97 Å². The lowest BCUT2D eigenvalue weighted by molar-refractivity contribution is -0.139. The van der Waals surface area contributed by atoms with Gasteiger partial charge in [0.15, 0.2) is 0 Å². The maximum absolute atomic E-state index is 14.1. The molecule has 5 rings (SSSR count). The van der Waals surface area contributed by atoms with E-state index < -0.39 is 11.7 Å². The Balaban J connectivity index is 1.35. The van der Waals surface area contributed by atoms with Crippen LogP contribution in [-0.2, 0) is 17.4 Å². The first-order valence-corrected chi connectivity index (χ1v) is 15.7. The van der Waals surface area contributed by atoms with E-state index in [0.29, 0.717) is 29.5 Å². The van der Waals surface area contributed by atoms with Crippen LogP contribution in [0.1, 0.15) is 79.9 Å². The number of ether oxygens (including phenoxy) is 1. The molecule has 0 spiro atoms. The number of benzene rings is 1. The summed E-state index contributed by atoms with van der Waals surface area (Å²) in [7, 11) is 3.52. The van der Waals surface area contributed by atoms with Crippen molar-refractivity contribution in [3.63, 3.8) is 0 Å². The lowest BCUT2D eigenvalue weighted by atomic mass is 9.80. The van der Waals surface area contributed by atoms with E-state index in [1.165, 1.54) is 7.11 Å². The molecule has 2 aromatic rings. The van der Waals surface area contributed by atoms with Crippen LogP contribution in [0, 0.1) is 11.8 Å². The number of hydrogen-bond acceptors (Lipinski definition) is 7. The van der Waals surface area contributed by atoms with Gasteiger partial charge in [0.25, 0.3) is 5.91 Å². The summed E-state index contributed by atoms with van der Waals surface area (Å²) in [5.41, 5.74) is -0.103. The summed E-state index contributed by atoms with van der Waals surface area (Å²) in [5, 5.41) is 6.08. The van der Waals surface area contributed by atoms with E-state index in [2.05, 4.69) is 32.5 Å². The summed E-state index contributed by atoms with van der Waals surface area (Å²) in [5.74, 6) is 0.473. The van der Waals surface area contributed by atoms with Gasteiger partial charge in [0.2, 0.25) is 11.9 Å². The Kier molecular flexibility index (Phi) is 9.97. The number of piperidine rings is 1. The number of amides is 2. The van der Waals surface area contributed by atoms with Crippen LogP contribution in [0.25, 0.3) is 0 Å². The SMILES string of the molecule is COc1cc(C(=O)NC2CCN(C)CC2)ccc1Nc1ncc(C(F)(F)F)c(C[C@@H]2CCCC[C@H]2N(CC2CC2)C(C)=O)n1. The molecule has 2 heterocycles. The van der Waals surface area contributed by atoms with Crippen molar-refractivity contribution >= 4 is 23.5 Å². The van der Waals surface area contributed by atoms with E-state index in [0.717, 1.165) is 70.7 Å². The van der Waals surface area contributed by atoms with Crippen LogP contribution in [-0.4, -0.2) is 77.5 Å². The fraction of sp³-hybridized carbons (Fsp3) is 0.625. The fourth-order valence-electron chi connectivity index (χ4n) is 6.51. The molecule has 1 aromatic heterocycles. The molecule has 2 saturated carbocycles. The summed E-state index contributed by atoms with van der Waals surface area (Å²) >= 11 is 0. The zero-order valence-electron chi connectivity index (χ0n) is 25.8. The minimum atomic E-state index is -4.62. The number of alkyl halides is 3. The maximum atomic E-state index is 14.1. The number of anilines is 2. The Labute approximate surface area is 256 Å². The number of nitrogens with one attached hydrogen (secondary N) is 2. The first kappa shape index (κ1) is 32.0. The second kappa shape index (κ2) is 13.7. The van der Waals surface area contributed by atoms with Crippen molar-refractivity contribution in [3.8, 4) is 5.75 Å². The van der Waals surface area contributed by atoms with Crippen LogP contribution in [0.4, 0.5) is 24.8 Å². The van der Waals surface area contributed by atoms with Gasteiger partial charge in [-0.2, -0.15) is 13.2 Å². The van der Waals surface area contributed by atoms with Crippen LogP contribution in [0.5, 0.6) is 5.75 Å². The van der Waals surface area contributed by atoms with Crippen molar-refractivity contribution in [3.05, 3.63) is 41.2 Å². The van der Waals surface area contributed by atoms with Crippen molar-refractivity contribution in [1.82, 2.24) is 25.1 Å². The first-order chi connectivity index (χ1) is 21.0. The van der Waals surface area contributed by atoms with Crippen LogP contribution in [0.3, 0.4) is 0 Å². The lowest BCUT2D eigenvalue weighted by Gasteiger charge is -2.40. The third-order valence-corrected chi connectivity index (χ3v) is 9.22. The topological polar surface area (TPSA) is 99.7 Å². The average Bonchev–Trinajstić information content (AvgIpc) is 3.81. The van der Waals surface area contributed by atoms with E-state index in [1.807, 2.05) is 4.90 Å².